The molecule has 0 amide bonds. The molecule has 8 atom stereocenters. The van der Waals surface area contributed by atoms with Crippen LogP contribution in [0.15, 0.2) is 11.6 Å². The predicted octanol–water partition coefficient (Wildman–Crippen LogP) is 3.59. The Morgan fingerprint density at radius 1 is 1.03 bits per heavy atom. The third-order valence-corrected chi connectivity index (χ3v) is 7.48. The lowest BCUT2D eigenvalue weighted by Crippen LogP contribution is -2.54. The van der Waals surface area contributed by atoms with Gasteiger partial charge in [0.15, 0.2) is 11.5 Å². The van der Waals surface area contributed by atoms with E-state index in [1.165, 1.54) is 16.7 Å². The minimum atomic E-state index is -1.41. The van der Waals surface area contributed by atoms with E-state index in [0.29, 0.717) is 17.6 Å². The molecule has 1 aromatic carbocycles. The lowest BCUT2D eigenvalue weighted by Gasteiger charge is -2.44. The molecule has 0 aromatic heterocycles. The van der Waals surface area contributed by atoms with E-state index in [2.05, 4.69) is 33.8 Å². The zero-order valence-electron chi connectivity index (χ0n) is 19.1. The fraction of sp³-hybridized carbons (Fsp3) is 0.680. The Hall–Kier alpha value is -1.60. The Balaban J connectivity index is 1.85. The number of hydrogen-bond acceptors (Lipinski definition) is 6. The van der Waals surface area contributed by atoms with E-state index in [4.69, 9.17) is 9.47 Å². The molecule has 1 aromatic rings. The molecule has 31 heavy (non-hydrogen) atoms. The van der Waals surface area contributed by atoms with Gasteiger partial charge < -0.3 is 29.9 Å². The molecule has 1 heterocycles. The van der Waals surface area contributed by atoms with Crippen LogP contribution in [0.1, 0.15) is 87.0 Å². The van der Waals surface area contributed by atoms with Gasteiger partial charge in [0.1, 0.15) is 18.3 Å². The van der Waals surface area contributed by atoms with Crippen LogP contribution in [0.5, 0.6) is 11.5 Å². The summed E-state index contributed by atoms with van der Waals surface area (Å²) in [6, 6.07) is 0. The van der Waals surface area contributed by atoms with E-state index < -0.39 is 24.6 Å². The van der Waals surface area contributed by atoms with Crippen LogP contribution in [-0.2, 0) is 4.74 Å². The number of hydrogen-bond donors (Lipinski definition) is 4. The van der Waals surface area contributed by atoms with Crippen LogP contribution in [0.4, 0.5) is 0 Å². The van der Waals surface area contributed by atoms with E-state index >= 15 is 0 Å². The smallest absolute Gasteiger partial charge is 0.229 e. The SMILES string of the molecule is CC(C)=C[C@H]1C[C@H](C)[C@H]2CC[C@H](C)c3c(O)c(O[C@@H]4OC[C@@H](O)[C@@H](O)[C@@H]4O)c(C)c1c32. The van der Waals surface area contributed by atoms with Crippen LogP contribution in [0.3, 0.4) is 0 Å². The van der Waals surface area contributed by atoms with Gasteiger partial charge in [-0.15, -0.1) is 0 Å². The van der Waals surface area contributed by atoms with Gasteiger partial charge in [0.2, 0.25) is 6.29 Å². The highest BCUT2D eigenvalue weighted by molar-refractivity contribution is 5.64. The molecule has 2 aliphatic carbocycles. The molecule has 1 aliphatic heterocycles. The molecule has 0 saturated carbocycles. The van der Waals surface area contributed by atoms with Crippen LogP contribution in [0.25, 0.3) is 0 Å². The van der Waals surface area contributed by atoms with Crippen molar-refractivity contribution in [2.45, 2.75) is 96.2 Å². The quantitative estimate of drug-likeness (QED) is 0.545. The summed E-state index contributed by atoms with van der Waals surface area (Å²) in [5.41, 5.74) is 5.58. The van der Waals surface area contributed by atoms with Crippen molar-refractivity contribution < 1.29 is 29.9 Å². The first kappa shape index (κ1) is 22.6. The van der Waals surface area contributed by atoms with Gasteiger partial charge >= 0.3 is 0 Å². The second-order valence-electron chi connectivity index (χ2n) is 10.1. The molecule has 172 valence electrons. The number of aromatic hydroxyl groups is 1. The summed E-state index contributed by atoms with van der Waals surface area (Å²) in [7, 11) is 0. The maximum absolute atomic E-state index is 11.3. The third kappa shape index (κ3) is 3.78. The second-order valence-corrected chi connectivity index (χ2v) is 10.1. The summed E-state index contributed by atoms with van der Waals surface area (Å²) in [5.74, 6) is 1.84. The van der Waals surface area contributed by atoms with Gasteiger partial charge in [0.05, 0.1) is 6.61 Å². The molecule has 3 aliphatic rings. The molecule has 0 bridgehead atoms. The number of aliphatic hydroxyl groups is 3. The standard InChI is InChI=1S/C25H36O6/c1-11(2)8-15-9-13(4)16-7-6-12(3)18-20(16)19(15)14(5)24(22(18)28)31-25-23(29)21(27)17(26)10-30-25/h8,12-13,15-17,21,23,25-29H,6-7,9-10H2,1-5H3/t12-,13-,15-,16+,17+,21+,23-,25-/m0/s1. The van der Waals surface area contributed by atoms with Gasteiger partial charge in [-0.2, -0.15) is 0 Å². The fourth-order valence-electron chi connectivity index (χ4n) is 5.94. The van der Waals surface area contributed by atoms with E-state index in [0.717, 1.165) is 30.4 Å². The van der Waals surface area contributed by atoms with Crippen molar-refractivity contribution in [3.63, 3.8) is 0 Å². The van der Waals surface area contributed by atoms with Crippen molar-refractivity contribution in [1.29, 1.82) is 0 Å². The average Bonchev–Trinajstić information content (AvgIpc) is 2.69. The number of allylic oxidation sites excluding steroid dienone is 2. The Labute approximate surface area is 184 Å². The zero-order valence-corrected chi connectivity index (χ0v) is 19.1. The monoisotopic (exact) mass is 432 g/mol. The molecule has 4 rings (SSSR count). The Morgan fingerprint density at radius 2 is 1.74 bits per heavy atom. The Morgan fingerprint density at radius 3 is 2.42 bits per heavy atom. The van der Waals surface area contributed by atoms with Crippen molar-refractivity contribution in [2.75, 3.05) is 6.61 Å². The summed E-state index contributed by atoms with van der Waals surface area (Å²) in [6.45, 7) is 10.5. The Kier molecular flexibility index (Phi) is 6.12. The lowest BCUT2D eigenvalue weighted by atomic mass is 9.62. The van der Waals surface area contributed by atoms with Crippen molar-refractivity contribution in [2.24, 2.45) is 5.92 Å². The van der Waals surface area contributed by atoms with Gasteiger partial charge in [0.25, 0.3) is 0 Å². The number of phenols is 1. The first-order valence-corrected chi connectivity index (χ1v) is 11.5. The van der Waals surface area contributed by atoms with E-state index in [1.54, 1.807) is 0 Å². The van der Waals surface area contributed by atoms with Crippen molar-refractivity contribution >= 4 is 0 Å². The molecule has 0 spiro atoms. The fourth-order valence-corrected chi connectivity index (χ4v) is 5.94. The zero-order chi connectivity index (χ0) is 22.6. The van der Waals surface area contributed by atoms with Gasteiger partial charge in [-0.1, -0.05) is 25.5 Å². The molecule has 1 saturated heterocycles. The molecule has 6 nitrogen and oxygen atoms in total. The second kappa shape index (κ2) is 8.39. The summed E-state index contributed by atoms with van der Waals surface area (Å²) in [6.07, 6.45) is 0.395. The summed E-state index contributed by atoms with van der Waals surface area (Å²) >= 11 is 0. The van der Waals surface area contributed by atoms with E-state index in [9.17, 15) is 20.4 Å². The van der Waals surface area contributed by atoms with Crippen molar-refractivity contribution in [1.82, 2.24) is 0 Å². The van der Waals surface area contributed by atoms with Gasteiger partial charge in [-0.3, -0.25) is 0 Å². The maximum atomic E-state index is 11.3. The van der Waals surface area contributed by atoms with Crippen LogP contribution in [0.2, 0.25) is 0 Å². The van der Waals surface area contributed by atoms with Crippen molar-refractivity contribution in [3.05, 3.63) is 33.9 Å². The molecular formula is C25H36O6. The van der Waals surface area contributed by atoms with Crippen LogP contribution in [0, 0.1) is 12.8 Å². The van der Waals surface area contributed by atoms with E-state index in [1.807, 2.05) is 6.92 Å². The summed E-state index contributed by atoms with van der Waals surface area (Å²) in [5, 5.41) is 41.5. The number of aliphatic hydroxyl groups excluding tert-OH is 3. The molecular weight excluding hydrogens is 396 g/mol. The Bertz CT molecular complexity index is 873. The number of benzene rings is 1. The van der Waals surface area contributed by atoms with Crippen LogP contribution in [-0.4, -0.2) is 51.6 Å². The minimum absolute atomic E-state index is 0.120. The van der Waals surface area contributed by atoms with Crippen LogP contribution < -0.4 is 4.74 Å². The molecule has 6 heteroatoms. The average molecular weight is 433 g/mol. The first-order chi connectivity index (χ1) is 14.6. The maximum Gasteiger partial charge on any atom is 0.229 e. The predicted molar refractivity (Wildman–Crippen MR) is 118 cm³/mol. The number of rotatable bonds is 3. The van der Waals surface area contributed by atoms with Crippen molar-refractivity contribution in [3.8, 4) is 11.5 Å². The highest BCUT2D eigenvalue weighted by atomic mass is 16.7. The van der Waals surface area contributed by atoms with Gasteiger partial charge in [0, 0.05) is 11.5 Å². The molecule has 0 radical (unpaired) electrons. The number of ether oxygens (including phenoxy) is 2. The highest BCUT2D eigenvalue weighted by Crippen LogP contribution is 2.58. The lowest BCUT2D eigenvalue weighted by molar-refractivity contribution is -0.242. The van der Waals surface area contributed by atoms with Crippen LogP contribution >= 0.6 is 0 Å². The highest BCUT2D eigenvalue weighted by Gasteiger charge is 2.43. The largest absolute Gasteiger partial charge is 0.504 e. The minimum Gasteiger partial charge on any atom is -0.504 e. The van der Waals surface area contributed by atoms with Gasteiger partial charge in [-0.25, -0.2) is 0 Å². The normalized spacial score (nSPS) is 37.2. The van der Waals surface area contributed by atoms with Gasteiger partial charge in [-0.05, 0) is 74.5 Å². The molecule has 4 N–H and O–H groups in total. The first-order valence-electron chi connectivity index (χ1n) is 11.5. The molecule has 0 unspecified atom stereocenters. The third-order valence-electron chi connectivity index (χ3n) is 7.48. The summed E-state index contributed by atoms with van der Waals surface area (Å²) in [4.78, 5) is 0. The molecule has 1 fully saturated rings. The summed E-state index contributed by atoms with van der Waals surface area (Å²) < 4.78 is 11.5. The number of phenolic OH excluding ortho intramolecular Hbond substituents is 1. The topological polar surface area (TPSA) is 99.4 Å². The van der Waals surface area contributed by atoms with E-state index in [-0.39, 0.29) is 24.2 Å².